The Bertz CT molecular complexity index is 1020. The molecule has 0 aliphatic heterocycles. The van der Waals surface area contributed by atoms with Crippen LogP contribution in [0.2, 0.25) is 0 Å². The number of hydrogen-bond acceptors (Lipinski definition) is 3. The van der Waals surface area contributed by atoms with E-state index in [4.69, 9.17) is 10.5 Å². The second-order valence-corrected chi connectivity index (χ2v) is 5.72. The molecule has 3 aromatic rings. The van der Waals surface area contributed by atoms with E-state index in [-0.39, 0.29) is 5.91 Å². The summed E-state index contributed by atoms with van der Waals surface area (Å²) < 4.78 is 0. The lowest BCUT2D eigenvalue weighted by Crippen LogP contribution is -2.23. The van der Waals surface area contributed by atoms with E-state index in [9.17, 15) is 4.79 Å². The first-order valence-corrected chi connectivity index (χ1v) is 8.08. The third-order valence-corrected chi connectivity index (χ3v) is 4.04. The molecule has 0 saturated heterocycles. The van der Waals surface area contributed by atoms with Gasteiger partial charge < -0.3 is 5.32 Å². The van der Waals surface area contributed by atoms with Gasteiger partial charge in [-0.1, -0.05) is 36.4 Å². The molecular weight excluding hydrogens is 322 g/mol. The van der Waals surface area contributed by atoms with Crippen molar-refractivity contribution < 1.29 is 4.79 Å². The van der Waals surface area contributed by atoms with Crippen molar-refractivity contribution in [3.8, 4) is 23.3 Å². The standard InChI is InChI=1S/C22H15N3O/c23-13-16-8-10-18(11-9-16)22(26)25-15-20-5-1-2-7-21(20)19-6-3-4-17(12-19)14-24/h1-12H,15H2,(H,25,26). The van der Waals surface area contributed by atoms with Crippen molar-refractivity contribution in [1.29, 1.82) is 10.5 Å². The minimum atomic E-state index is -0.199. The van der Waals surface area contributed by atoms with E-state index in [1.165, 1.54) is 0 Å². The number of nitrogens with one attached hydrogen (secondary N) is 1. The van der Waals surface area contributed by atoms with E-state index in [0.717, 1.165) is 16.7 Å². The number of benzene rings is 3. The number of rotatable bonds is 4. The molecule has 0 spiro atoms. The number of nitriles is 2. The van der Waals surface area contributed by atoms with Crippen LogP contribution in [0.5, 0.6) is 0 Å². The quantitative estimate of drug-likeness (QED) is 0.781. The third kappa shape index (κ3) is 3.77. The van der Waals surface area contributed by atoms with Gasteiger partial charge in [-0.15, -0.1) is 0 Å². The number of hydrogen-bond donors (Lipinski definition) is 1. The first-order valence-electron chi connectivity index (χ1n) is 8.08. The highest BCUT2D eigenvalue weighted by Gasteiger charge is 2.09. The summed E-state index contributed by atoms with van der Waals surface area (Å²) in [5.74, 6) is -0.199. The second-order valence-electron chi connectivity index (χ2n) is 5.72. The summed E-state index contributed by atoms with van der Waals surface area (Å²) in [7, 11) is 0. The van der Waals surface area contributed by atoms with Crippen LogP contribution in [0.4, 0.5) is 0 Å². The van der Waals surface area contributed by atoms with Crippen LogP contribution in [0.3, 0.4) is 0 Å². The molecule has 0 saturated carbocycles. The summed E-state index contributed by atoms with van der Waals surface area (Å²) in [6.07, 6.45) is 0. The molecule has 0 atom stereocenters. The SMILES string of the molecule is N#Cc1ccc(C(=O)NCc2ccccc2-c2cccc(C#N)c2)cc1. The van der Waals surface area contributed by atoms with Gasteiger partial charge >= 0.3 is 0 Å². The number of amides is 1. The van der Waals surface area contributed by atoms with Gasteiger partial charge in [0.25, 0.3) is 5.91 Å². The minimum absolute atomic E-state index is 0.199. The fraction of sp³-hybridized carbons (Fsp3) is 0.0455. The van der Waals surface area contributed by atoms with Crippen molar-refractivity contribution in [3.63, 3.8) is 0 Å². The third-order valence-electron chi connectivity index (χ3n) is 4.04. The largest absolute Gasteiger partial charge is 0.348 e. The topological polar surface area (TPSA) is 76.7 Å². The van der Waals surface area contributed by atoms with Gasteiger partial charge in [0.05, 0.1) is 23.3 Å². The summed E-state index contributed by atoms with van der Waals surface area (Å²) >= 11 is 0. The van der Waals surface area contributed by atoms with Crippen LogP contribution in [0.25, 0.3) is 11.1 Å². The van der Waals surface area contributed by atoms with E-state index in [0.29, 0.717) is 23.2 Å². The van der Waals surface area contributed by atoms with Crippen molar-refractivity contribution in [2.75, 3.05) is 0 Å². The lowest BCUT2D eigenvalue weighted by molar-refractivity contribution is 0.0951. The van der Waals surface area contributed by atoms with Crippen LogP contribution in [0, 0.1) is 22.7 Å². The maximum atomic E-state index is 12.3. The fourth-order valence-electron chi connectivity index (χ4n) is 2.69. The van der Waals surface area contributed by atoms with Crippen molar-refractivity contribution in [2.45, 2.75) is 6.54 Å². The molecule has 0 bridgehead atoms. The zero-order valence-corrected chi connectivity index (χ0v) is 13.9. The predicted molar refractivity (Wildman–Crippen MR) is 98.9 cm³/mol. The van der Waals surface area contributed by atoms with Gasteiger partial charge in [0.1, 0.15) is 0 Å². The Kier molecular flexibility index (Phi) is 5.08. The van der Waals surface area contributed by atoms with E-state index in [2.05, 4.69) is 11.4 Å². The van der Waals surface area contributed by atoms with Gasteiger partial charge in [-0.25, -0.2) is 0 Å². The Morgan fingerprint density at radius 1 is 0.846 bits per heavy atom. The second kappa shape index (κ2) is 7.79. The monoisotopic (exact) mass is 337 g/mol. The fourth-order valence-corrected chi connectivity index (χ4v) is 2.69. The highest BCUT2D eigenvalue weighted by molar-refractivity contribution is 5.94. The number of carbonyl (C=O) groups is 1. The zero-order valence-electron chi connectivity index (χ0n) is 13.9. The molecule has 4 nitrogen and oxygen atoms in total. The molecule has 0 aliphatic carbocycles. The van der Waals surface area contributed by atoms with Gasteiger partial charge in [-0.05, 0) is 53.1 Å². The van der Waals surface area contributed by atoms with Crippen LogP contribution < -0.4 is 5.32 Å². The van der Waals surface area contributed by atoms with Crippen molar-refractivity contribution in [2.24, 2.45) is 0 Å². The Balaban J connectivity index is 1.79. The molecule has 3 rings (SSSR count). The van der Waals surface area contributed by atoms with Gasteiger partial charge in [-0.3, -0.25) is 4.79 Å². The van der Waals surface area contributed by atoms with Gasteiger partial charge in [0.2, 0.25) is 0 Å². The molecule has 0 aliphatic rings. The van der Waals surface area contributed by atoms with Crippen molar-refractivity contribution >= 4 is 5.91 Å². The van der Waals surface area contributed by atoms with Crippen LogP contribution in [0.15, 0.2) is 72.8 Å². The van der Waals surface area contributed by atoms with Gasteiger partial charge in [-0.2, -0.15) is 10.5 Å². The highest BCUT2D eigenvalue weighted by atomic mass is 16.1. The van der Waals surface area contributed by atoms with Crippen LogP contribution in [-0.2, 0) is 6.54 Å². The summed E-state index contributed by atoms with van der Waals surface area (Å²) in [6.45, 7) is 0.367. The van der Waals surface area contributed by atoms with Crippen molar-refractivity contribution in [3.05, 3.63) is 95.1 Å². The molecule has 0 heterocycles. The van der Waals surface area contributed by atoms with E-state index < -0.39 is 0 Å². The van der Waals surface area contributed by atoms with E-state index in [1.807, 2.05) is 48.5 Å². The maximum absolute atomic E-state index is 12.3. The first-order chi connectivity index (χ1) is 12.7. The Hall–Kier alpha value is -3.89. The summed E-state index contributed by atoms with van der Waals surface area (Å²) in [5.41, 5.74) is 4.50. The highest BCUT2D eigenvalue weighted by Crippen LogP contribution is 2.24. The van der Waals surface area contributed by atoms with Crippen LogP contribution in [0.1, 0.15) is 27.0 Å². The summed E-state index contributed by atoms with van der Waals surface area (Å²) in [4.78, 5) is 12.3. The van der Waals surface area contributed by atoms with Gasteiger partial charge in [0, 0.05) is 12.1 Å². The molecular formula is C22H15N3O. The number of carbonyl (C=O) groups excluding carboxylic acids is 1. The molecule has 124 valence electrons. The normalized spacial score (nSPS) is 9.77. The Morgan fingerprint density at radius 3 is 2.31 bits per heavy atom. The molecule has 3 aromatic carbocycles. The predicted octanol–water partition coefficient (Wildman–Crippen LogP) is 4.03. The Labute approximate surface area is 152 Å². The van der Waals surface area contributed by atoms with E-state index in [1.54, 1.807) is 30.3 Å². The van der Waals surface area contributed by atoms with E-state index >= 15 is 0 Å². The Morgan fingerprint density at radius 2 is 1.58 bits per heavy atom. The molecule has 0 fully saturated rings. The molecule has 0 unspecified atom stereocenters. The molecule has 4 heteroatoms. The van der Waals surface area contributed by atoms with Gasteiger partial charge in [0.15, 0.2) is 0 Å². The summed E-state index contributed by atoms with van der Waals surface area (Å²) in [6, 6.07) is 25.9. The lowest BCUT2D eigenvalue weighted by Gasteiger charge is -2.11. The number of nitrogens with zero attached hydrogens (tertiary/aromatic N) is 2. The zero-order chi connectivity index (χ0) is 18.4. The average Bonchev–Trinajstić information content (AvgIpc) is 2.72. The molecule has 26 heavy (non-hydrogen) atoms. The van der Waals surface area contributed by atoms with Crippen molar-refractivity contribution in [1.82, 2.24) is 5.32 Å². The lowest BCUT2D eigenvalue weighted by atomic mass is 9.98. The minimum Gasteiger partial charge on any atom is -0.348 e. The molecule has 1 N–H and O–H groups in total. The van der Waals surface area contributed by atoms with Crippen LogP contribution in [-0.4, -0.2) is 5.91 Å². The smallest absolute Gasteiger partial charge is 0.251 e. The maximum Gasteiger partial charge on any atom is 0.251 e. The average molecular weight is 337 g/mol. The first kappa shape index (κ1) is 17.0. The molecule has 1 amide bonds. The molecule has 0 aromatic heterocycles. The molecule has 0 radical (unpaired) electrons. The summed E-state index contributed by atoms with van der Waals surface area (Å²) in [5, 5.41) is 20.8. The van der Waals surface area contributed by atoms with Crippen LogP contribution >= 0.6 is 0 Å².